The van der Waals surface area contributed by atoms with Crippen LogP contribution in [0.15, 0.2) is 24.8 Å². The molecule has 0 bridgehead atoms. The van der Waals surface area contributed by atoms with E-state index in [9.17, 15) is 57.9 Å². The van der Waals surface area contributed by atoms with Gasteiger partial charge >= 0.3 is 23.5 Å². The van der Waals surface area contributed by atoms with Crippen molar-refractivity contribution in [1.82, 2.24) is 30.2 Å². The molecule has 1 aliphatic rings. The van der Waals surface area contributed by atoms with Gasteiger partial charge in [0.05, 0.1) is 19.5 Å². The van der Waals surface area contributed by atoms with Gasteiger partial charge in [0.2, 0.25) is 16.9 Å². The van der Waals surface area contributed by atoms with Crippen molar-refractivity contribution in [3.8, 4) is 0 Å². The maximum absolute atomic E-state index is 12.6. The number of fused-ring (bicyclic) bond motifs is 1. The van der Waals surface area contributed by atoms with Gasteiger partial charge in [0.15, 0.2) is 17.7 Å². The average molecular weight is 836 g/mol. The summed E-state index contributed by atoms with van der Waals surface area (Å²) in [5.74, 6) is -1.13. The Balaban J connectivity index is 1.52. The van der Waals surface area contributed by atoms with Crippen LogP contribution in [0.5, 0.6) is 0 Å². The number of allylic oxidation sites excluding steroid dienone is 1. The zero-order valence-electron chi connectivity index (χ0n) is 28.2. The van der Waals surface area contributed by atoms with Crippen molar-refractivity contribution in [2.75, 3.05) is 37.8 Å². The van der Waals surface area contributed by atoms with Gasteiger partial charge in [-0.2, -0.15) is 4.31 Å². The summed E-state index contributed by atoms with van der Waals surface area (Å²) in [7, 11) is -16.4. The first-order chi connectivity index (χ1) is 24.6. The molecule has 3 heterocycles. The number of hydrogen-bond acceptors (Lipinski definition) is 18. The van der Waals surface area contributed by atoms with Crippen molar-refractivity contribution >= 4 is 69.1 Å². The number of carbonyl (C=O) groups is 3. The minimum absolute atomic E-state index is 0.0300. The van der Waals surface area contributed by atoms with Gasteiger partial charge in [0, 0.05) is 30.7 Å². The van der Waals surface area contributed by atoms with E-state index in [1.54, 1.807) is 13.0 Å². The van der Waals surface area contributed by atoms with E-state index in [1.807, 2.05) is 0 Å². The Morgan fingerprint density at radius 1 is 1.09 bits per heavy atom. The molecule has 1 fully saturated rings. The Kier molecular flexibility index (Phi) is 15.8. The van der Waals surface area contributed by atoms with Gasteiger partial charge in [-0.25, -0.2) is 28.6 Å². The number of amides is 2. The topological polar surface area (TPSA) is 364 Å². The highest BCUT2D eigenvalue weighted by Crippen LogP contribution is 2.61. The largest absolute Gasteiger partial charge is 0.481 e. The van der Waals surface area contributed by atoms with Gasteiger partial charge in [-0.3, -0.25) is 32.5 Å². The SMILES string of the molecule is CC=CC(=O)SCCNC(=O)CCNC(=O)C(O)C(C)(C)COP(=O)(O)OP(=O)(O)OC[C@H]1O[C@@H](n2cnc3c(N)ncnc32)[C@H](O)[C@@H]1OP(=O)(O)O. The van der Waals surface area contributed by atoms with Gasteiger partial charge in [-0.1, -0.05) is 31.7 Å². The standard InChI is InChI=1S/C25H40N7O17P3S/c1-4-5-16(34)53-9-8-27-15(33)6-7-28-23(37)20(36)25(2,3)11-46-52(43,44)49-51(41,42)45-10-14-19(48-50(38,39)40)18(35)24(47-14)32-13-31-17-21(26)29-12-30-22(17)32/h4-5,12-14,18-20,24,35-36H,6-11H2,1-3H3,(H,27,33)(H,28,37)(H,41,42)(H,43,44)(H2,26,29,30)(H2,38,39,40)/t14-,18-,19-,20?,24-/m1/s1. The van der Waals surface area contributed by atoms with E-state index in [4.69, 9.17) is 19.5 Å². The van der Waals surface area contributed by atoms with E-state index < -0.39 is 84.6 Å². The van der Waals surface area contributed by atoms with Crippen molar-refractivity contribution < 1.29 is 80.5 Å². The molecule has 0 aromatic carbocycles. The van der Waals surface area contributed by atoms with Crippen molar-refractivity contribution in [2.24, 2.45) is 5.41 Å². The van der Waals surface area contributed by atoms with Crippen LogP contribution >= 0.6 is 35.2 Å². The summed E-state index contributed by atoms with van der Waals surface area (Å²) >= 11 is 1.01. The lowest BCUT2D eigenvalue weighted by Crippen LogP contribution is -2.46. The number of anilines is 1. The first-order valence-corrected chi connectivity index (χ1v) is 20.7. The summed E-state index contributed by atoms with van der Waals surface area (Å²) in [5, 5.41) is 26.1. The number of carbonyl (C=O) groups excluding carboxylic acids is 3. The quantitative estimate of drug-likeness (QED) is 0.0449. The van der Waals surface area contributed by atoms with E-state index in [-0.39, 0.29) is 41.6 Å². The van der Waals surface area contributed by atoms with Gasteiger partial charge < -0.3 is 50.9 Å². The number of aliphatic hydroxyl groups excluding tert-OH is 2. The average Bonchev–Trinajstić information content (AvgIpc) is 3.61. The van der Waals surface area contributed by atoms with Crippen molar-refractivity contribution in [3.63, 3.8) is 0 Å². The molecule has 10 N–H and O–H groups in total. The number of nitrogens with zero attached hydrogens (tertiary/aromatic N) is 4. The molecule has 0 aliphatic carbocycles. The number of ether oxygens (including phenoxy) is 1. The molecule has 28 heteroatoms. The Labute approximate surface area is 305 Å². The predicted octanol–water partition coefficient (Wildman–Crippen LogP) is -0.759. The molecular formula is C25H40N7O17P3S. The van der Waals surface area contributed by atoms with Crippen LogP contribution in [0.1, 0.15) is 33.4 Å². The summed E-state index contributed by atoms with van der Waals surface area (Å²) in [6.45, 7) is 2.17. The van der Waals surface area contributed by atoms with Gasteiger partial charge in [-0.05, 0) is 13.0 Å². The molecule has 2 aromatic heterocycles. The molecule has 7 atom stereocenters. The van der Waals surface area contributed by atoms with E-state index in [1.165, 1.54) is 19.9 Å². The van der Waals surface area contributed by atoms with Crippen LogP contribution in [0.4, 0.5) is 5.82 Å². The number of nitrogen functional groups attached to an aromatic ring is 1. The fourth-order valence-corrected chi connectivity index (χ4v) is 7.93. The van der Waals surface area contributed by atoms with E-state index in [0.717, 1.165) is 29.0 Å². The lowest BCUT2D eigenvalue weighted by molar-refractivity contribution is -0.137. The van der Waals surface area contributed by atoms with Crippen LogP contribution < -0.4 is 16.4 Å². The van der Waals surface area contributed by atoms with E-state index in [2.05, 4.69) is 34.4 Å². The molecule has 53 heavy (non-hydrogen) atoms. The summed E-state index contributed by atoms with van der Waals surface area (Å²) in [6, 6.07) is 0. The second-order valence-corrected chi connectivity index (χ2v) is 17.1. The number of aliphatic hydroxyl groups is 2. The van der Waals surface area contributed by atoms with Crippen LogP contribution in [0, 0.1) is 5.41 Å². The summed E-state index contributed by atoms with van der Waals surface area (Å²) in [5.41, 5.74) is 4.26. The molecule has 3 rings (SSSR count). The first kappa shape index (κ1) is 44.7. The summed E-state index contributed by atoms with van der Waals surface area (Å²) in [4.78, 5) is 86.7. The number of nitrogens with two attached hydrogens (primary N) is 1. The van der Waals surface area contributed by atoms with E-state index >= 15 is 0 Å². The van der Waals surface area contributed by atoms with Crippen LogP contribution in [0.3, 0.4) is 0 Å². The third-order valence-electron chi connectivity index (χ3n) is 7.05. The normalized spacial score (nSPS) is 22.4. The Morgan fingerprint density at radius 2 is 1.77 bits per heavy atom. The molecular weight excluding hydrogens is 795 g/mol. The third-order valence-corrected chi connectivity index (χ3v) is 11.0. The molecule has 3 unspecified atom stereocenters. The molecule has 0 spiro atoms. The predicted molar refractivity (Wildman–Crippen MR) is 182 cm³/mol. The fourth-order valence-electron chi connectivity index (χ4n) is 4.47. The number of rotatable bonds is 20. The van der Waals surface area contributed by atoms with Crippen molar-refractivity contribution in [1.29, 1.82) is 0 Å². The molecule has 1 aliphatic heterocycles. The monoisotopic (exact) mass is 835 g/mol. The second-order valence-electron chi connectivity index (χ2n) is 11.7. The number of imidazole rings is 1. The van der Waals surface area contributed by atoms with Crippen LogP contribution in [-0.2, 0) is 50.7 Å². The van der Waals surface area contributed by atoms with E-state index in [0.29, 0.717) is 5.75 Å². The maximum Gasteiger partial charge on any atom is 0.481 e. The molecule has 0 radical (unpaired) electrons. The molecule has 0 saturated carbocycles. The van der Waals surface area contributed by atoms with Crippen molar-refractivity contribution in [3.05, 3.63) is 24.8 Å². The smallest absolute Gasteiger partial charge is 0.386 e. The van der Waals surface area contributed by atoms with Gasteiger partial charge in [-0.15, -0.1) is 0 Å². The molecule has 298 valence electrons. The highest BCUT2D eigenvalue weighted by molar-refractivity contribution is 8.14. The summed E-state index contributed by atoms with van der Waals surface area (Å²) < 4.78 is 61.9. The zero-order valence-corrected chi connectivity index (χ0v) is 31.7. The lowest BCUT2D eigenvalue weighted by atomic mass is 9.87. The first-order valence-electron chi connectivity index (χ1n) is 15.2. The number of nitrogens with one attached hydrogen (secondary N) is 2. The molecule has 24 nitrogen and oxygen atoms in total. The lowest BCUT2D eigenvalue weighted by Gasteiger charge is -2.30. The number of hydrogen-bond donors (Lipinski definition) is 9. The second kappa shape index (κ2) is 18.8. The minimum atomic E-state index is -5.56. The van der Waals surface area contributed by atoms with Crippen LogP contribution in [-0.4, -0.2) is 123 Å². The number of phosphoric acid groups is 3. The molecule has 2 aromatic rings. The Morgan fingerprint density at radius 3 is 2.43 bits per heavy atom. The zero-order chi connectivity index (χ0) is 39.8. The highest BCUT2D eigenvalue weighted by Gasteiger charge is 2.50. The fraction of sp³-hybridized carbons (Fsp3) is 0.600. The number of thioether (sulfide) groups is 1. The van der Waals surface area contributed by atoms with Crippen LogP contribution in [0.25, 0.3) is 11.2 Å². The molecule has 2 amide bonds. The molecule has 1 saturated heterocycles. The number of aromatic nitrogens is 4. The van der Waals surface area contributed by atoms with Gasteiger partial charge in [0.25, 0.3) is 0 Å². The maximum atomic E-state index is 12.6. The van der Waals surface area contributed by atoms with Crippen LogP contribution in [0.2, 0.25) is 0 Å². The Hall–Kier alpha value is -2.70. The Bertz CT molecular complexity index is 1790. The summed E-state index contributed by atoms with van der Waals surface area (Å²) in [6.07, 6.45) is -3.94. The van der Waals surface area contributed by atoms with Gasteiger partial charge in [0.1, 0.15) is 36.3 Å². The van der Waals surface area contributed by atoms with Crippen molar-refractivity contribution in [2.45, 2.75) is 57.8 Å². The highest BCUT2D eigenvalue weighted by atomic mass is 32.2. The third kappa shape index (κ3) is 13.5. The number of phosphoric ester groups is 3. The minimum Gasteiger partial charge on any atom is -0.386 e.